The summed E-state index contributed by atoms with van der Waals surface area (Å²) >= 11 is 0. The molecule has 4 aliphatic rings. The number of piperazine rings is 1. The number of hydrogen-bond acceptors (Lipinski definition) is 11. The van der Waals surface area contributed by atoms with Crippen molar-refractivity contribution in [3.63, 3.8) is 0 Å². The summed E-state index contributed by atoms with van der Waals surface area (Å²) in [6.45, 7) is 13.5. The number of anilines is 1. The number of nitrogens with zero attached hydrogens (tertiary/aromatic N) is 8. The monoisotopic (exact) mass is 657 g/mol. The molecule has 4 aliphatic heterocycles. The van der Waals surface area contributed by atoms with Crippen molar-refractivity contribution in [3.05, 3.63) is 53.0 Å². The third-order valence-corrected chi connectivity index (χ3v) is 10.8. The molecule has 4 saturated heterocycles. The van der Waals surface area contributed by atoms with Crippen LogP contribution >= 0.6 is 0 Å². The first-order valence-electron chi connectivity index (χ1n) is 17.6. The normalized spacial score (nSPS) is 22.7. The minimum absolute atomic E-state index is 0.204. The minimum Gasteiger partial charge on any atom is -0.490 e. The van der Waals surface area contributed by atoms with Crippen LogP contribution in [0, 0.1) is 12.8 Å². The van der Waals surface area contributed by atoms with Crippen molar-refractivity contribution in [1.29, 1.82) is 0 Å². The number of carbonyl (C=O) groups excluding carboxylic acids is 2. The second kappa shape index (κ2) is 14.7. The van der Waals surface area contributed by atoms with Gasteiger partial charge in [-0.2, -0.15) is 5.10 Å². The minimum atomic E-state index is -0.760. The summed E-state index contributed by atoms with van der Waals surface area (Å²) in [4.78, 5) is 55.7. The predicted octanol–water partition coefficient (Wildman–Crippen LogP) is 1.85. The van der Waals surface area contributed by atoms with Crippen molar-refractivity contribution < 1.29 is 14.3 Å². The van der Waals surface area contributed by atoms with Crippen LogP contribution in [0.2, 0.25) is 0 Å². The Balaban J connectivity index is 0.845. The van der Waals surface area contributed by atoms with Crippen molar-refractivity contribution in [1.82, 2.24) is 39.8 Å². The Hall–Kier alpha value is -3.94. The van der Waals surface area contributed by atoms with Crippen molar-refractivity contribution in [2.24, 2.45) is 5.92 Å². The molecule has 4 fully saturated rings. The lowest BCUT2D eigenvalue weighted by molar-refractivity contribution is -0.136. The fourth-order valence-corrected chi connectivity index (χ4v) is 7.81. The summed E-state index contributed by atoms with van der Waals surface area (Å²) in [6, 6.07) is 5.83. The molecule has 3 aromatic rings. The van der Waals surface area contributed by atoms with Gasteiger partial charge >= 0.3 is 0 Å². The molecule has 0 aliphatic carbocycles. The number of amides is 2. The van der Waals surface area contributed by atoms with E-state index in [0.717, 1.165) is 75.8 Å². The third-order valence-electron chi connectivity index (χ3n) is 10.8. The van der Waals surface area contributed by atoms with E-state index in [1.165, 1.54) is 49.8 Å². The number of nitrogens with one attached hydrogen (secondary N) is 1. The zero-order valence-corrected chi connectivity index (χ0v) is 27.9. The third kappa shape index (κ3) is 7.37. The Morgan fingerprint density at radius 1 is 0.833 bits per heavy atom. The first-order chi connectivity index (χ1) is 23.4. The molecule has 1 atom stereocenters. The highest BCUT2D eigenvalue weighted by Crippen LogP contribution is 2.27. The van der Waals surface area contributed by atoms with Gasteiger partial charge in [0.15, 0.2) is 5.75 Å². The van der Waals surface area contributed by atoms with Gasteiger partial charge in [0.1, 0.15) is 12.4 Å². The van der Waals surface area contributed by atoms with Gasteiger partial charge in [-0.25, -0.2) is 14.6 Å². The average molecular weight is 658 g/mol. The number of imide groups is 1. The van der Waals surface area contributed by atoms with Gasteiger partial charge in [-0.05, 0) is 89.3 Å². The van der Waals surface area contributed by atoms with E-state index in [0.29, 0.717) is 23.0 Å². The molecule has 6 heterocycles. The molecule has 2 aromatic heterocycles. The van der Waals surface area contributed by atoms with E-state index >= 15 is 0 Å². The van der Waals surface area contributed by atoms with E-state index in [2.05, 4.69) is 46.0 Å². The lowest BCUT2D eigenvalue weighted by Gasteiger charge is -2.43. The highest BCUT2D eigenvalue weighted by molar-refractivity contribution is 5.99. The predicted molar refractivity (Wildman–Crippen MR) is 182 cm³/mol. The average Bonchev–Trinajstić information content (AvgIpc) is 3.12. The molecule has 0 spiro atoms. The Morgan fingerprint density at radius 3 is 2.21 bits per heavy atom. The summed E-state index contributed by atoms with van der Waals surface area (Å²) in [6.07, 6.45) is 10.3. The molecular formula is C35H47N9O4. The summed E-state index contributed by atoms with van der Waals surface area (Å²) in [7, 11) is 0. The first-order valence-corrected chi connectivity index (χ1v) is 17.6. The van der Waals surface area contributed by atoms with Gasteiger partial charge in [0.2, 0.25) is 5.91 Å². The van der Waals surface area contributed by atoms with Gasteiger partial charge in [-0.3, -0.25) is 24.6 Å². The molecule has 1 unspecified atom stereocenters. The molecule has 1 N–H and O–H groups in total. The molecule has 0 radical (unpaired) electrons. The SMILES string of the molecule is Cc1nn(C2CCC(=O)NC2=O)c(=O)c2ccc(N3CCN(C4CCN(CCN5CCC(COc6cncnc6)CC5)CC4)CC3)cc12. The number of piperidine rings is 3. The van der Waals surface area contributed by atoms with E-state index in [1.807, 2.05) is 19.1 Å². The lowest BCUT2D eigenvalue weighted by atomic mass is 9.97. The number of fused-ring (bicyclic) bond motifs is 1. The maximum Gasteiger partial charge on any atom is 0.275 e. The second-order valence-electron chi connectivity index (χ2n) is 13.8. The van der Waals surface area contributed by atoms with Gasteiger partial charge in [0, 0.05) is 62.8 Å². The quantitative estimate of drug-likeness (QED) is 0.339. The molecule has 0 saturated carbocycles. The Morgan fingerprint density at radius 2 is 1.52 bits per heavy atom. The number of rotatable bonds is 9. The maximum absolute atomic E-state index is 13.3. The molecule has 13 heteroatoms. The van der Waals surface area contributed by atoms with Gasteiger partial charge in [-0.15, -0.1) is 0 Å². The fraction of sp³-hybridized carbons (Fsp3) is 0.600. The van der Waals surface area contributed by atoms with Crippen LogP contribution in [-0.4, -0.2) is 124 Å². The molecule has 13 nitrogen and oxygen atoms in total. The van der Waals surface area contributed by atoms with E-state index in [-0.39, 0.29) is 24.3 Å². The van der Waals surface area contributed by atoms with E-state index < -0.39 is 11.9 Å². The van der Waals surface area contributed by atoms with Crippen LogP contribution < -0.4 is 20.5 Å². The highest BCUT2D eigenvalue weighted by Gasteiger charge is 2.31. The summed E-state index contributed by atoms with van der Waals surface area (Å²) < 4.78 is 7.14. The van der Waals surface area contributed by atoms with E-state index in [9.17, 15) is 14.4 Å². The largest absolute Gasteiger partial charge is 0.490 e. The van der Waals surface area contributed by atoms with E-state index in [4.69, 9.17) is 4.74 Å². The smallest absolute Gasteiger partial charge is 0.275 e. The maximum atomic E-state index is 13.3. The van der Waals surface area contributed by atoms with Crippen molar-refractivity contribution in [3.8, 4) is 5.75 Å². The molecule has 48 heavy (non-hydrogen) atoms. The topological polar surface area (TPSA) is 129 Å². The standard InChI is InChI=1S/C35H47N9O4/c1-25-31-20-28(2-3-30(31)35(47)44(39-25)32-4-5-33(45)38-34(32)46)43-18-16-42(17-19-43)27-8-12-41(13-9-27)15-14-40-10-6-26(7-11-40)23-48-29-21-36-24-37-22-29/h2-3,20-22,24,26-27,32H,4-19,23H2,1H3,(H,38,45,46). The molecule has 2 amide bonds. The van der Waals surface area contributed by atoms with Gasteiger partial charge < -0.3 is 19.4 Å². The van der Waals surface area contributed by atoms with Crippen LogP contribution in [-0.2, 0) is 9.59 Å². The summed E-state index contributed by atoms with van der Waals surface area (Å²) in [5, 5.41) is 8.21. The molecule has 1 aromatic carbocycles. The van der Waals surface area contributed by atoms with E-state index in [1.54, 1.807) is 12.4 Å². The molecule has 0 bridgehead atoms. The van der Waals surface area contributed by atoms with Gasteiger partial charge in [0.05, 0.1) is 30.1 Å². The van der Waals surface area contributed by atoms with Crippen LogP contribution in [0.5, 0.6) is 5.75 Å². The molecular weight excluding hydrogens is 610 g/mol. The van der Waals surface area contributed by atoms with Crippen molar-refractivity contribution >= 4 is 28.3 Å². The number of benzene rings is 1. The number of hydrogen-bond donors (Lipinski definition) is 1. The lowest BCUT2D eigenvalue weighted by Crippen LogP contribution is -2.53. The van der Waals surface area contributed by atoms with Gasteiger partial charge in [-0.1, -0.05) is 0 Å². The fourth-order valence-electron chi connectivity index (χ4n) is 7.81. The van der Waals surface area contributed by atoms with Gasteiger partial charge in [0.25, 0.3) is 11.5 Å². The zero-order chi connectivity index (χ0) is 33.0. The molecule has 256 valence electrons. The number of carbonyl (C=O) groups is 2. The van der Waals surface area contributed by atoms with Crippen LogP contribution in [0.1, 0.15) is 50.3 Å². The van der Waals surface area contributed by atoms with Crippen molar-refractivity contribution in [2.45, 2.75) is 57.5 Å². The molecule has 7 rings (SSSR count). The Bertz CT molecular complexity index is 1640. The Kier molecular flexibility index (Phi) is 9.96. The van der Waals surface area contributed by atoms with Crippen molar-refractivity contribution in [2.75, 3.05) is 77.0 Å². The van der Waals surface area contributed by atoms with Crippen LogP contribution in [0.15, 0.2) is 41.7 Å². The number of ether oxygens (including phenoxy) is 1. The highest BCUT2D eigenvalue weighted by atomic mass is 16.5. The zero-order valence-electron chi connectivity index (χ0n) is 27.9. The number of likely N-dealkylation sites (tertiary alicyclic amines) is 2. The second-order valence-corrected chi connectivity index (χ2v) is 13.8. The summed E-state index contributed by atoms with van der Waals surface area (Å²) in [5.41, 5.74) is 1.51. The van der Waals surface area contributed by atoms with Crippen LogP contribution in [0.25, 0.3) is 10.8 Å². The number of aromatic nitrogens is 4. The number of aryl methyl sites for hydroxylation is 1. The van der Waals surface area contributed by atoms with Crippen LogP contribution in [0.4, 0.5) is 5.69 Å². The Labute approximate surface area is 281 Å². The summed E-state index contributed by atoms with van der Waals surface area (Å²) in [5.74, 6) is 0.587. The van der Waals surface area contributed by atoms with Crippen LogP contribution in [0.3, 0.4) is 0 Å². The first kappa shape index (κ1) is 32.6.